The molecular formula is C25H28N2O3S2. The summed E-state index contributed by atoms with van der Waals surface area (Å²) >= 11 is 1.22. The highest BCUT2D eigenvalue weighted by molar-refractivity contribution is 7.92. The SMILES string of the molecule is Cc1cc(C)c(C2CCCC2)c(C)c1NC(=O)c1sccc1NS(=O)(=O)c1ccccc1. The van der Waals surface area contributed by atoms with Gasteiger partial charge in [-0.05, 0) is 85.4 Å². The molecule has 2 aromatic carbocycles. The van der Waals surface area contributed by atoms with Crippen LogP contribution in [0.1, 0.15) is 63.5 Å². The quantitative estimate of drug-likeness (QED) is 0.440. The second-order valence-electron chi connectivity index (χ2n) is 8.44. The maximum atomic E-state index is 13.2. The van der Waals surface area contributed by atoms with Gasteiger partial charge in [-0.1, -0.05) is 37.1 Å². The molecule has 3 aromatic rings. The van der Waals surface area contributed by atoms with Crippen LogP contribution in [0.5, 0.6) is 0 Å². The number of hydrogen-bond donors (Lipinski definition) is 2. The van der Waals surface area contributed by atoms with Gasteiger partial charge in [0.2, 0.25) is 0 Å². The average molecular weight is 469 g/mol. The number of thiophene rings is 1. The lowest BCUT2D eigenvalue weighted by atomic mass is 9.87. The average Bonchev–Trinajstić information content (AvgIpc) is 3.44. The van der Waals surface area contributed by atoms with Gasteiger partial charge in [0.25, 0.3) is 15.9 Å². The maximum Gasteiger partial charge on any atom is 0.267 e. The van der Waals surface area contributed by atoms with Gasteiger partial charge >= 0.3 is 0 Å². The van der Waals surface area contributed by atoms with Crippen molar-refractivity contribution in [3.8, 4) is 0 Å². The highest BCUT2D eigenvalue weighted by atomic mass is 32.2. The van der Waals surface area contributed by atoms with Gasteiger partial charge < -0.3 is 5.32 Å². The van der Waals surface area contributed by atoms with Crippen molar-refractivity contribution in [1.82, 2.24) is 0 Å². The van der Waals surface area contributed by atoms with Gasteiger partial charge in [0.1, 0.15) is 4.88 Å². The van der Waals surface area contributed by atoms with Crippen LogP contribution in [-0.4, -0.2) is 14.3 Å². The summed E-state index contributed by atoms with van der Waals surface area (Å²) in [5.41, 5.74) is 5.86. The number of hydrogen-bond acceptors (Lipinski definition) is 4. The van der Waals surface area contributed by atoms with Crippen LogP contribution >= 0.6 is 11.3 Å². The first-order valence-corrected chi connectivity index (χ1v) is 13.2. The Morgan fingerprint density at radius 1 is 1.00 bits per heavy atom. The fourth-order valence-corrected chi connectivity index (χ4v) is 6.68. The third-order valence-electron chi connectivity index (χ3n) is 6.20. The summed E-state index contributed by atoms with van der Waals surface area (Å²) in [5.74, 6) is 0.236. The van der Waals surface area contributed by atoms with Crippen molar-refractivity contribution in [2.24, 2.45) is 0 Å². The Morgan fingerprint density at radius 2 is 1.69 bits per heavy atom. The summed E-state index contributed by atoms with van der Waals surface area (Å²) in [6.07, 6.45) is 4.88. The summed E-state index contributed by atoms with van der Waals surface area (Å²) in [6.45, 7) is 6.23. The minimum absolute atomic E-state index is 0.156. The lowest BCUT2D eigenvalue weighted by Gasteiger charge is -2.22. The Labute approximate surface area is 193 Å². The van der Waals surface area contributed by atoms with Gasteiger partial charge in [-0.25, -0.2) is 8.42 Å². The van der Waals surface area contributed by atoms with E-state index in [1.165, 1.54) is 60.3 Å². The molecule has 1 fully saturated rings. The van der Waals surface area contributed by atoms with Crippen LogP contribution in [0.2, 0.25) is 0 Å². The van der Waals surface area contributed by atoms with Crippen molar-refractivity contribution in [2.45, 2.75) is 57.3 Å². The number of aryl methyl sites for hydroxylation is 2. The van der Waals surface area contributed by atoms with Crippen molar-refractivity contribution in [3.63, 3.8) is 0 Å². The van der Waals surface area contributed by atoms with Crippen molar-refractivity contribution in [2.75, 3.05) is 10.0 Å². The molecule has 0 atom stereocenters. The van der Waals surface area contributed by atoms with E-state index in [9.17, 15) is 13.2 Å². The van der Waals surface area contributed by atoms with E-state index in [2.05, 4.69) is 30.0 Å². The molecule has 1 amide bonds. The molecule has 1 heterocycles. The Kier molecular flexibility index (Phi) is 6.40. The zero-order valence-electron chi connectivity index (χ0n) is 18.6. The predicted octanol–water partition coefficient (Wildman–Crippen LogP) is 6.38. The van der Waals surface area contributed by atoms with Gasteiger partial charge in [0.15, 0.2) is 0 Å². The molecule has 0 aliphatic heterocycles. The third kappa shape index (κ3) is 4.45. The molecule has 1 aromatic heterocycles. The van der Waals surface area contributed by atoms with Gasteiger partial charge in [-0.3, -0.25) is 9.52 Å². The summed E-state index contributed by atoms with van der Waals surface area (Å²) in [5, 5.41) is 4.79. The first-order valence-electron chi connectivity index (χ1n) is 10.9. The van der Waals surface area contributed by atoms with Crippen LogP contribution < -0.4 is 10.0 Å². The first kappa shape index (κ1) is 22.6. The van der Waals surface area contributed by atoms with Crippen LogP contribution in [0.25, 0.3) is 0 Å². The lowest BCUT2D eigenvalue weighted by molar-refractivity contribution is 0.103. The molecule has 2 N–H and O–H groups in total. The maximum absolute atomic E-state index is 13.2. The van der Waals surface area contributed by atoms with E-state index in [1.54, 1.807) is 29.6 Å². The number of benzene rings is 2. The molecule has 1 saturated carbocycles. The fourth-order valence-electron chi connectivity index (χ4n) is 4.77. The number of carbonyl (C=O) groups excluding carboxylic acids is 1. The van der Waals surface area contributed by atoms with E-state index < -0.39 is 10.0 Å². The van der Waals surface area contributed by atoms with E-state index in [4.69, 9.17) is 0 Å². The molecule has 0 radical (unpaired) electrons. The molecule has 0 spiro atoms. The topological polar surface area (TPSA) is 75.3 Å². The zero-order chi connectivity index (χ0) is 22.9. The van der Waals surface area contributed by atoms with E-state index in [-0.39, 0.29) is 16.5 Å². The van der Waals surface area contributed by atoms with E-state index >= 15 is 0 Å². The molecule has 1 aliphatic carbocycles. The normalized spacial score (nSPS) is 14.5. The van der Waals surface area contributed by atoms with E-state index in [0.29, 0.717) is 10.8 Å². The third-order valence-corrected chi connectivity index (χ3v) is 8.50. The second-order valence-corrected chi connectivity index (χ2v) is 11.0. The molecule has 0 bridgehead atoms. The van der Waals surface area contributed by atoms with Crippen molar-refractivity contribution < 1.29 is 13.2 Å². The Hall–Kier alpha value is -2.64. The minimum Gasteiger partial charge on any atom is -0.321 e. The molecule has 32 heavy (non-hydrogen) atoms. The van der Waals surface area contributed by atoms with Crippen LogP contribution in [0.15, 0.2) is 52.7 Å². The molecular weight excluding hydrogens is 440 g/mol. The number of rotatable bonds is 6. The highest BCUT2D eigenvalue weighted by Crippen LogP contribution is 2.41. The highest BCUT2D eigenvalue weighted by Gasteiger charge is 2.25. The Morgan fingerprint density at radius 3 is 2.38 bits per heavy atom. The fraction of sp³-hybridized carbons (Fsp3) is 0.320. The smallest absolute Gasteiger partial charge is 0.267 e. The van der Waals surface area contributed by atoms with Crippen molar-refractivity contribution in [1.29, 1.82) is 0 Å². The molecule has 0 saturated heterocycles. The van der Waals surface area contributed by atoms with Crippen LogP contribution in [0.4, 0.5) is 11.4 Å². The summed E-state index contributed by atoms with van der Waals surface area (Å²) in [7, 11) is -3.78. The second kappa shape index (κ2) is 9.08. The lowest BCUT2D eigenvalue weighted by Crippen LogP contribution is -2.18. The minimum atomic E-state index is -3.78. The monoisotopic (exact) mass is 468 g/mol. The van der Waals surface area contributed by atoms with Crippen molar-refractivity contribution >= 4 is 38.6 Å². The molecule has 4 rings (SSSR count). The van der Waals surface area contributed by atoms with Gasteiger partial charge in [0, 0.05) is 5.69 Å². The van der Waals surface area contributed by atoms with Crippen molar-refractivity contribution in [3.05, 3.63) is 75.0 Å². The summed E-state index contributed by atoms with van der Waals surface area (Å²) in [6, 6.07) is 11.9. The number of amides is 1. The summed E-state index contributed by atoms with van der Waals surface area (Å²) < 4.78 is 28.0. The van der Waals surface area contributed by atoms with Gasteiger partial charge in [0.05, 0.1) is 10.6 Å². The Balaban J connectivity index is 1.61. The molecule has 0 unspecified atom stereocenters. The molecule has 7 heteroatoms. The largest absolute Gasteiger partial charge is 0.321 e. The zero-order valence-corrected chi connectivity index (χ0v) is 20.2. The number of nitrogens with one attached hydrogen (secondary N) is 2. The standard InChI is InChI=1S/C25H28N2O3S2/c1-16-15-17(2)23(18(3)22(16)19-9-7-8-10-19)26-25(28)24-21(13-14-31-24)27-32(29,30)20-11-5-4-6-12-20/h4-6,11-15,19,27H,7-10H2,1-3H3,(H,26,28). The first-order chi connectivity index (χ1) is 15.3. The molecule has 168 valence electrons. The summed E-state index contributed by atoms with van der Waals surface area (Å²) in [4.78, 5) is 13.7. The number of carbonyl (C=O) groups is 1. The Bertz CT molecular complexity index is 1240. The van der Waals surface area contributed by atoms with Crippen LogP contribution in [-0.2, 0) is 10.0 Å². The van der Waals surface area contributed by atoms with Gasteiger partial charge in [-0.2, -0.15) is 0 Å². The van der Waals surface area contributed by atoms with E-state index in [0.717, 1.165) is 16.8 Å². The predicted molar refractivity (Wildman–Crippen MR) is 131 cm³/mol. The van der Waals surface area contributed by atoms with Crippen LogP contribution in [0, 0.1) is 20.8 Å². The van der Waals surface area contributed by atoms with Crippen LogP contribution in [0.3, 0.4) is 0 Å². The number of sulfonamides is 1. The van der Waals surface area contributed by atoms with E-state index in [1.807, 2.05) is 6.92 Å². The number of anilines is 2. The molecule has 5 nitrogen and oxygen atoms in total. The van der Waals surface area contributed by atoms with Gasteiger partial charge in [-0.15, -0.1) is 11.3 Å². The molecule has 1 aliphatic rings.